The largest absolute Gasteiger partial charge is 0.378 e. The Balaban J connectivity index is 2.12. The van der Waals surface area contributed by atoms with E-state index in [2.05, 4.69) is 5.32 Å². The highest BCUT2D eigenvalue weighted by Gasteiger charge is 2.08. The first-order valence-corrected chi connectivity index (χ1v) is 6.53. The monoisotopic (exact) mass is 269 g/mol. The smallest absolute Gasteiger partial charge is 0.128 e. The number of nitrogens with one attached hydrogen (secondary N) is 1. The molecule has 0 aliphatic carbocycles. The molecule has 0 saturated heterocycles. The van der Waals surface area contributed by atoms with Gasteiger partial charge >= 0.3 is 0 Å². The molecule has 0 spiro atoms. The first-order chi connectivity index (χ1) is 8.06. The van der Waals surface area contributed by atoms with E-state index in [1.165, 1.54) is 17.4 Å². The van der Waals surface area contributed by atoms with E-state index < -0.39 is 0 Å². The molecule has 1 nitrogen and oxygen atoms in total. The maximum absolute atomic E-state index is 13.4. The summed E-state index contributed by atoms with van der Waals surface area (Å²) in [6.07, 6.45) is 0. The lowest BCUT2D eigenvalue weighted by Gasteiger charge is -2.14. The lowest BCUT2D eigenvalue weighted by molar-refractivity contribution is 0.618. The molecule has 17 heavy (non-hydrogen) atoms. The summed E-state index contributed by atoms with van der Waals surface area (Å²) in [4.78, 5) is 1.14. The van der Waals surface area contributed by atoms with Gasteiger partial charge in [0.15, 0.2) is 0 Å². The van der Waals surface area contributed by atoms with Gasteiger partial charge in [-0.3, -0.25) is 0 Å². The second kappa shape index (κ2) is 5.07. The second-order valence-corrected chi connectivity index (χ2v) is 5.72. The summed E-state index contributed by atoms with van der Waals surface area (Å²) in [5, 5.41) is 3.25. The van der Waals surface area contributed by atoms with Crippen LogP contribution in [0.3, 0.4) is 0 Å². The first kappa shape index (κ1) is 12.4. The van der Waals surface area contributed by atoms with Crippen LogP contribution in [-0.4, -0.2) is 0 Å². The van der Waals surface area contributed by atoms with Crippen LogP contribution in [0.4, 0.5) is 10.1 Å². The van der Waals surface area contributed by atoms with E-state index in [-0.39, 0.29) is 11.9 Å². The molecule has 1 N–H and O–H groups in total. The normalized spacial score (nSPS) is 12.5. The number of benzene rings is 1. The van der Waals surface area contributed by atoms with Crippen molar-refractivity contribution >= 4 is 28.6 Å². The fourth-order valence-corrected chi connectivity index (χ4v) is 2.63. The minimum absolute atomic E-state index is 0.120. The van der Waals surface area contributed by atoms with Gasteiger partial charge in [0.2, 0.25) is 0 Å². The zero-order chi connectivity index (χ0) is 12.4. The van der Waals surface area contributed by atoms with Gasteiger partial charge in [0.25, 0.3) is 0 Å². The van der Waals surface area contributed by atoms with Crippen LogP contribution in [0.2, 0.25) is 4.34 Å². The van der Waals surface area contributed by atoms with Gasteiger partial charge in [-0.1, -0.05) is 17.7 Å². The van der Waals surface area contributed by atoms with E-state index in [1.54, 1.807) is 13.0 Å². The zero-order valence-electron chi connectivity index (χ0n) is 9.63. The van der Waals surface area contributed by atoms with Crippen molar-refractivity contribution in [3.05, 3.63) is 50.9 Å². The molecule has 0 aliphatic heterocycles. The van der Waals surface area contributed by atoms with Gasteiger partial charge in [-0.15, -0.1) is 11.3 Å². The fourth-order valence-electron chi connectivity index (χ4n) is 1.56. The predicted molar refractivity (Wildman–Crippen MR) is 72.5 cm³/mol. The van der Waals surface area contributed by atoms with Gasteiger partial charge in [0.1, 0.15) is 5.82 Å². The van der Waals surface area contributed by atoms with Gasteiger partial charge in [0.05, 0.1) is 10.4 Å². The maximum atomic E-state index is 13.4. The second-order valence-electron chi connectivity index (χ2n) is 3.97. The molecular weight excluding hydrogens is 257 g/mol. The molecular formula is C13H13ClFNS. The van der Waals surface area contributed by atoms with Crippen LogP contribution in [0.5, 0.6) is 0 Å². The average molecular weight is 270 g/mol. The van der Waals surface area contributed by atoms with E-state index >= 15 is 0 Å². The predicted octanol–water partition coefficient (Wildman–Crippen LogP) is 5.02. The minimum atomic E-state index is -0.189. The molecule has 0 amide bonds. The molecule has 1 unspecified atom stereocenters. The summed E-state index contributed by atoms with van der Waals surface area (Å²) in [5.74, 6) is -0.189. The van der Waals surface area contributed by atoms with Crippen LogP contribution >= 0.6 is 22.9 Å². The Morgan fingerprint density at radius 1 is 1.29 bits per heavy atom. The van der Waals surface area contributed by atoms with Crippen LogP contribution < -0.4 is 5.32 Å². The average Bonchev–Trinajstić information content (AvgIpc) is 2.70. The standard InChI is InChI=1S/C13H13ClFNS/c1-8-3-4-10(7-11(8)15)16-9(2)12-5-6-13(14)17-12/h3-7,9,16H,1-2H3. The Morgan fingerprint density at radius 3 is 2.65 bits per heavy atom. The quantitative estimate of drug-likeness (QED) is 0.825. The summed E-state index contributed by atoms with van der Waals surface area (Å²) in [5.41, 5.74) is 1.44. The van der Waals surface area contributed by atoms with Crippen molar-refractivity contribution in [1.82, 2.24) is 0 Å². The molecule has 0 bridgehead atoms. The van der Waals surface area contributed by atoms with E-state index in [9.17, 15) is 4.39 Å². The van der Waals surface area contributed by atoms with Gasteiger partial charge in [-0.05, 0) is 43.7 Å². The first-order valence-electron chi connectivity index (χ1n) is 5.34. The highest BCUT2D eigenvalue weighted by molar-refractivity contribution is 7.16. The third-order valence-electron chi connectivity index (χ3n) is 2.58. The van der Waals surface area contributed by atoms with Crippen molar-refractivity contribution in [3.63, 3.8) is 0 Å². The fraction of sp³-hybridized carbons (Fsp3) is 0.231. The van der Waals surface area contributed by atoms with Gasteiger partial charge in [-0.2, -0.15) is 0 Å². The lowest BCUT2D eigenvalue weighted by Crippen LogP contribution is -2.05. The van der Waals surface area contributed by atoms with Gasteiger partial charge < -0.3 is 5.32 Å². The van der Waals surface area contributed by atoms with Crippen molar-refractivity contribution in [2.45, 2.75) is 19.9 Å². The van der Waals surface area contributed by atoms with Crippen molar-refractivity contribution in [3.8, 4) is 0 Å². The molecule has 90 valence electrons. The lowest BCUT2D eigenvalue weighted by atomic mass is 10.2. The molecule has 1 heterocycles. The summed E-state index contributed by atoms with van der Waals surface area (Å²) >= 11 is 7.42. The number of hydrogen-bond acceptors (Lipinski definition) is 2. The summed E-state index contributed by atoms with van der Waals surface area (Å²) in [6, 6.07) is 9.14. The third kappa shape index (κ3) is 2.99. The minimum Gasteiger partial charge on any atom is -0.378 e. The van der Waals surface area contributed by atoms with E-state index in [0.29, 0.717) is 5.56 Å². The molecule has 2 rings (SSSR count). The number of thiophene rings is 1. The zero-order valence-corrected chi connectivity index (χ0v) is 11.2. The number of rotatable bonds is 3. The molecule has 0 radical (unpaired) electrons. The molecule has 0 fully saturated rings. The highest BCUT2D eigenvalue weighted by Crippen LogP contribution is 2.29. The Hall–Kier alpha value is -1.06. The van der Waals surface area contributed by atoms with Crippen LogP contribution in [-0.2, 0) is 0 Å². The SMILES string of the molecule is Cc1ccc(NC(C)c2ccc(Cl)s2)cc1F. The summed E-state index contributed by atoms with van der Waals surface area (Å²) in [6.45, 7) is 3.78. The van der Waals surface area contributed by atoms with Gasteiger partial charge in [0, 0.05) is 10.6 Å². The number of aryl methyl sites for hydroxylation is 1. The Kier molecular flexibility index (Phi) is 3.69. The number of halogens is 2. The molecule has 1 aromatic heterocycles. The van der Waals surface area contributed by atoms with Crippen molar-refractivity contribution in [2.75, 3.05) is 5.32 Å². The molecule has 2 aromatic rings. The van der Waals surface area contributed by atoms with Crippen molar-refractivity contribution < 1.29 is 4.39 Å². The van der Waals surface area contributed by atoms with Crippen LogP contribution in [0.25, 0.3) is 0 Å². The van der Waals surface area contributed by atoms with Crippen molar-refractivity contribution in [1.29, 1.82) is 0 Å². The maximum Gasteiger partial charge on any atom is 0.128 e. The molecule has 0 aliphatic rings. The Morgan fingerprint density at radius 2 is 2.06 bits per heavy atom. The Labute approximate surface area is 109 Å². The molecule has 0 saturated carbocycles. The van der Waals surface area contributed by atoms with Crippen LogP contribution in [0.15, 0.2) is 30.3 Å². The summed E-state index contributed by atoms with van der Waals surface area (Å²) < 4.78 is 14.1. The van der Waals surface area contributed by atoms with Crippen molar-refractivity contribution in [2.24, 2.45) is 0 Å². The number of hydrogen-bond donors (Lipinski definition) is 1. The van der Waals surface area contributed by atoms with E-state index in [1.807, 2.05) is 25.1 Å². The molecule has 1 atom stereocenters. The van der Waals surface area contributed by atoms with Crippen LogP contribution in [0, 0.1) is 12.7 Å². The van der Waals surface area contributed by atoms with Crippen LogP contribution in [0.1, 0.15) is 23.4 Å². The van der Waals surface area contributed by atoms with E-state index in [4.69, 9.17) is 11.6 Å². The van der Waals surface area contributed by atoms with E-state index in [0.717, 1.165) is 14.9 Å². The highest BCUT2D eigenvalue weighted by atomic mass is 35.5. The Bertz CT molecular complexity index is 524. The number of anilines is 1. The molecule has 1 aromatic carbocycles. The molecule has 4 heteroatoms. The topological polar surface area (TPSA) is 12.0 Å². The summed E-state index contributed by atoms with van der Waals surface area (Å²) in [7, 11) is 0. The van der Waals surface area contributed by atoms with Gasteiger partial charge in [-0.25, -0.2) is 4.39 Å². The third-order valence-corrected chi connectivity index (χ3v) is 3.99.